The van der Waals surface area contributed by atoms with Gasteiger partial charge in [0.2, 0.25) is 10.0 Å². The van der Waals surface area contributed by atoms with Gasteiger partial charge >= 0.3 is 0 Å². The second-order valence-electron chi connectivity index (χ2n) is 4.42. The van der Waals surface area contributed by atoms with Gasteiger partial charge in [-0.25, -0.2) is 8.42 Å². The van der Waals surface area contributed by atoms with E-state index >= 15 is 0 Å². The fourth-order valence-corrected chi connectivity index (χ4v) is 3.76. The molecular weight excluding hydrogens is 272 g/mol. The number of hydrogen-bond donors (Lipinski definition) is 1. The molecule has 0 aliphatic carbocycles. The van der Waals surface area contributed by atoms with Crippen LogP contribution in [0.3, 0.4) is 0 Å². The Balaban J connectivity index is 0.00000162. The lowest BCUT2D eigenvalue weighted by atomic mass is 10.2. The van der Waals surface area contributed by atoms with Gasteiger partial charge in [0.15, 0.2) is 0 Å². The van der Waals surface area contributed by atoms with Gasteiger partial charge in [0, 0.05) is 26.2 Å². The molecule has 1 heterocycles. The second-order valence-corrected chi connectivity index (χ2v) is 6.33. The lowest BCUT2D eigenvalue weighted by molar-refractivity contribution is 0.360. The highest BCUT2D eigenvalue weighted by Crippen LogP contribution is 2.21. The summed E-state index contributed by atoms with van der Waals surface area (Å²) >= 11 is 0. The zero-order valence-electron chi connectivity index (χ0n) is 10.6. The van der Waals surface area contributed by atoms with Gasteiger partial charge in [0.25, 0.3) is 0 Å². The van der Waals surface area contributed by atoms with Gasteiger partial charge in [0.1, 0.15) is 0 Å². The summed E-state index contributed by atoms with van der Waals surface area (Å²) in [6.45, 7) is 6.31. The summed E-state index contributed by atoms with van der Waals surface area (Å²) in [5.74, 6) is 0. The summed E-state index contributed by atoms with van der Waals surface area (Å²) in [5.41, 5.74) is 1.79. The van der Waals surface area contributed by atoms with E-state index in [0.29, 0.717) is 18.0 Å². The summed E-state index contributed by atoms with van der Waals surface area (Å²) in [6.07, 6.45) is 0. The normalized spacial score (nSPS) is 17.2. The van der Waals surface area contributed by atoms with Crippen molar-refractivity contribution < 1.29 is 8.42 Å². The van der Waals surface area contributed by atoms with Gasteiger partial charge in [-0.1, -0.05) is 12.1 Å². The molecule has 0 aromatic heterocycles. The van der Waals surface area contributed by atoms with Crippen LogP contribution in [0, 0.1) is 13.8 Å². The molecule has 1 N–H and O–H groups in total. The SMILES string of the molecule is Cc1ccc(C)c(S(=O)(=O)N2CCNCC2)c1.Cl. The average molecular weight is 291 g/mol. The predicted octanol–water partition coefficient (Wildman–Crippen LogP) is 1.32. The molecule has 0 unspecified atom stereocenters. The van der Waals surface area contributed by atoms with E-state index in [1.54, 1.807) is 10.4 Å². The van der Waals surface area contributed by atoms with Crippen LogP contribution in [0.2, 0.25) is 0 Å². The van der Waals surface area contributed by atoms with Gasteiger partial charge in [-0.05, 0) is 31.0 Å². The molecular formula is C12H19ClN2O2S. The van der Waals surface area contributed by atoms with E-state index in [1.807, 2.05) is 26.0 Å². The van der Waals surface area contributed by atoms with E-state index in [0.717, 1.165) is 24.2 Å². The van der Waals surface area contributed by atoms with E-state index in [9.17, 15) is 8.42 Å². The van der Waals surface area contributed by atoms with E-state index in [2.05, 4.69) is 5.32 Å². The molecule has 0 saturated carbocycles. The summed E-state index contributed by atoms with van der Waals surface area (Å²) in [4.78, 5) is 0.444. The van der Waals surface area contributed by atoms with Gasteiger partial charge < -0.3 is 5.32 Å². The van der Waals surface area contributed by atoms with Crippen LogP contribution in [-0.2, 0) is 10.0 Å². The largest absolute Gasteiger partial charge is 0.314 e. The molecule has 0 amide bonds. The molecule has 0 radical (unpaired) electrons. The third-order valence-electron chi connectivity index (χ3n) is 3.04. The van der Waals surface area contributed by atoms with Gasteiger partial charge in [0.05, 0.1) is 4.90 Å². The van der Waals surface area contributed by atoms with Crippen molar-refractivity contribution in [2.24, 2.45) is 0 Å². The monoisotopic (exact) mass is 290 g/mol. The van der Waals surface area contributed by atoms with Crippen molar-refractivity contribution in [2.45, 2.75) is 18.7 Å². The lowest BCUT2D eigenvalue weighted by Gasteiger charge is -2.27. The maximum absolute atomic E-state index is 12.5. The van der Waals surface area contributed by atoms with Crippen LogP contribution in [0.15, 0.2) is 23.1 Å². The van der Waals surface area contributed by atoms with Crippen LogP contribution in [0.5, 0.6) is 0 Å². The molecule has 18 heavy (non-hydrogen) atoms. The van der Waals surface area contributed by atoms with Crippen molar-refractivity contribution >= 4 is 22.4 Å². The van der Waals surface area contributed by atoms with Crippen molar-refractivity contribution in [3.8, 4) is 0 Å². The third kappa shape index (κ3) is 3.03. The molecule has 102 valence electrons. The minimum atomic E-state index is -3.32. The maximum Gasteiger partial charge on any atom is 0.243 e. The quantitative estimate of drug-likeness (QED) is 0.894. The zero-order valence-corrected chi connectivity index (χ0v) is 12.3. The Labute approximate surface area is 115 Å². The fraction of sp³-hybridized carbons (Fsp3) is 0.500. The molecule has 1 aromatic rings. The molecule has 2 rings (SSSR count). The van der Waals surface area contributed by atoms with Gasteiger partial charge in [-0.15, -0.1) is 12.4 Å². The Morgan fingerprint density at radius 1 is 1.17 bits per heavy atom. The molecule has 4 nitrogen and oxygen atoms in total. The summed E-state index contributed by atoms with van der Waals surface area (Å²) in [6, 6.07) is 5.56. The van der Waals surface area contributed by atoms with Gasteiger partial charge in [-0.3, -0.25) is 0 Å². The minimum Gasteiger partial charge on any atom is -0.314 e. The number of sulfonamides is 1. The predicted molar refractivity (Wildman–Crippen MR) is 74.8 cm³/mol. The number of piperazine rings is 1. The number of nitrogens with zero attached hydrogens (tertiary/aromatic N) is 1. The highest BCUT2D eigenvalue weighted by atomic mass is 35.5. The molecule has 1 saturated heterocycles. The summed E-state index contributed by atoms with van der Waals surface area (Å²) in [5, 5.41) is 3.16. The third-order valence-corrected chi connectivity index (χ3v) is 5.08. The van der Waals surface area contributed by atoms with E-state index in [1.165, 1.54) is 0 Å². The van der Waals surface area contributed by atoms with Crippen molar-refractivity contribution in [1.29, 1.82) is 0 Å². The van der Waals surface area contributed by atoms with Crippen molar-refractivity contribution in [1.82, 2.24) is 9.62 Å². The maximum atomic E-state index is 12.5. The first-order valence-corrected chi connectivity index (χ1v) is 7.24. The minimum absolute atomic E-state index is 0. The van der Waals surface area contributed by atoms with Crippen LogP contribution < -0.4 is 5.32 Å². The molecule has 1 aromatic carbocycles. The molecule has 0 spiro atoms. The Morgan fingerprint density at radius 2 is 1.78 bits per heavy atom. The first-order valence-electron chi connectivity index (χ1n) is 5.80. The van der Waals surface area contributed by atoms with E-state index in [-0.39, 0.29) is 12.4 Å². The molecule has 1 fully saturated rings. The fourth-order valence-electron chi connectivity index (χ4n) is 2.01. The van der Waals surface area contributed by atoms with Crippen LogP contribution >= 0.6 is 12.4 Å². The van der Waals surface area contributed by atoms with Crippen LogP contribution in [0.4, 0.5) is 0 Å². The first-order chi connectivity index (χ1) is 8.01. The average Bonchev–Trinajstić information content (AvgIpc) is 2.33. The summed E-state index contributed by atoms with van der Waals surface area (Å²) in [7, 11) is -3.32. The van der Waals surface area contributed by atoms with Crippen LogP contribution in [-0.4, -0.2) is 38.9 Å². The van der Waals surface area contributed by atoms with Crippen molar-refractivity contribution in [2.75, 3.05) is 26.2 Å². The Hall–Kier alpha value is -0.620. The number of hydrogen-bond acceptors (Lipinski definition) is 3. The van der Waals surface area contributed by atoms with E-state index < -0.39 is 10.0 Å². The highest BCUT2D eigenvalue weighted by molar-refractivity contribution is 7.89. The summed E-state index contributed by atoms with van der Waals surface area (Å²) < 4.78 is 26.5. The zero-order chi connectivity index (χ0) is 12.5. The Kier molecular flexibility index (Phi) is 5.16. The number of benzene rings is 1. The molecule has 0 atom stereocenters. The topological polar surface area (TPSA) is 49.4 Å². The second kappa shape index (κ2) is 6.02. The van der Waals surface area contributed by atoms with Crippen molar-refractivity contribution in [3.05, 3.63) is 29.3 Å². The lowest BCUT2D eigenvalue weighted by Crippen LogP contribution is -2.46. The van der Waals surface area contributed by atoms with Crippen LogP contribution in [0.25, 0.3) is 0 Å². The van der Waals surface area contributed by atoms with E-state index in [4.69, 9.17) is 0 Å². The first kappa shape index (κ1) is 15.4. The van der Waals surface area contributed by atoms with Gasteiger partial charge in [-0.2, -0.15) is 4.31 Å². The standard InChI is InChI=1S/C12H18N2O2S.ClH/c1-10-3-4-11(2)12(9-10)17(15,16)14-7-5-13-6-8-14;/h3-4,9,13H,5-8H2,1-2H3;1H. The smallest absolute Gasteiger partial charge is 0.243 e. The number of aryl methyl sites for hydroxylation is 2. The molecule has 0 bridgehead atoms. The van der Waals surface area contributed by atoms with Crippen LogP contribution in [0.1, 0.15) is 11.1 Å². The Bertz CT molecular complexity index is 511. The molecule has 6 heteroatoms. The number of rotatable bonds is 2. The Morgan fingerprint density at radius 3 is 2.39 bits per heavy atom. The highest BCUT2D eigenvalue weighted by Gasteiger charge is 2.27. The number of halogens is 1. The molecule has 1 aliphatic heterocycles. The van der Waals surface area contributed by atoms with Crippen molar-refractivity contribution in [3.63, 3.8) is 0 Å². The number of nitrogens with one attached hydrogen (secondary N) is 1. The molecule has 1 aliphatic rings.